The second-order valence-corrected chi connectivity index (χ2v) is 46.2. The molecule has 10 rings (SSSR count). The molecule has 0 aliphatic carbocycles. The lowest BCUT2D eigenvalue weighted by molar-refractivity contribution is 0.0636. The number of hydrogen-bond acceptors (Lipinski definition) is 10. The Labute approximate surface area is 632 Å². The summed E-state index contributed by atoms with van der Waals surface area (Å²) in [6, 6.07) is 15.4. The van der Waals surface area contributed by atoms with Crippen molar-refractivity contribution in [3.8, 4) is 48.8 Å². The Balaban J connectivity index is 1.07. The Morgan fingerprint density at radius 3 is 0.980 bits per heavy atom. The summed E-state index contributed by atoms with van der Waals surface area (Å²) in [5.74, 6) is 0.797. The fraction of sp³-hybridized carbons (Fsp3) is 0.674. The van der Waals surface area contributed by atoms with Crippen LogP contribution in [0.1, 0.15) is 363 Å². The van der Waals surface area contributed by atoms with Crippen LogP contribution in [-0.4, -0.2) is 62.7 Å². The lowest BCUT2D eigenvalue weighted by Gasteiger charge is -2.35. The minimum Gasteiger partial charge on any atom is -0.274 e. The first kappa shape index (κ1) is 79.5. The quantitative estimate of drug-likeness (QED) is 0.0217. The van der Waals surface area contributed by atoms with Gasteiger partial charge in [0.15, 0.2) is 0 Å². The minimum absolute atomic E-state index is 0.0763. The molecule has 4 aliphatic rings. The smallest absolute Gasteiger partial charge is 0.263 e. The average molecular weight is 1500 g/mol. The minimum atomic E-state index is -2.61. The Bertz CT molecular complexity index is 3590. The zero-order valence-electron chi connectivity index (χ0n) is 64.0. The van der Waals surface area contributed by atoms with Crippen molar-refractivity contribution in [2.24, 2.45) is 11.8 Å². The van der Waals surface area contributed by atoms with Gasteiger partial charge in [-0.1, -0.05) is 299 Å². The van der Waals surface area contributed by atoms with Crippen molar-refractivity contribution in [1.82, 2.24) is 9.80 Å². The Hall–Kier alpha value is -3.09. The highest BCUT2D eigenvalue weighted by Crippen LogP contribution is 2.56. The van der Waals surface area contributed by atoms with E-state index in [1.54, 1.807) is 53.2 Å². The maximum absolute atomic E-state index is 15.8. The highest BCUT2D eigenvalue weighted by Gasteiger charge is 2.53. The first-order chi connectivity index (χ1) is 48.8. The van der Waals surface area contributed by atoms with Gasteiger partial charge >= 0.3 is 0 Å². The summed E-state index contributed by atoms with van der Waals surface area (Å²) < 4.78 is 0. The standard InChI is InChI=1S/C86H128N2O4S6Si2/c1-11-19-25-29-33-35-37-39-41-45-51-87-83(89)72-62(10)94-76(73(72)84(87)90)65-57-70-81(95-65)82-71(100(70,59-63(17-7)49-23-15-5)60-64(18-8)50-24-16-6)58-67(97-82)78-75-74(85(91)88(86(75)92)52-46-42-40-38-36-34-30-26-20-12-2)77(98-78)66-56-69-80(96-66)79-68(55-61(9)93-79)99(69,53-47-43-31-27-21-13-3)54-48-44-32-28-22-14-4/h55-58,63-64H,11-54,59-60H2,1-10H3. The van der Waals surface area contributed by atoms with Gasteiger partial charge in [-0.05, 0) is 108 Å². The molecule has 550 valence electrons. The van der Waals surface area contributed by atoms with Gasteiger partial charge in [0.25, 0.3) is 23.6 Å². The van der Waals surface area contributed by atoms with E-state index in [1.807, 2.05) is 45.3 Å². The molecule has 2 atom stereocenters. The van der Waals surface area contributed by atoms with Gasteiger partial charge in [0.1, 0.15) is 16.1 Å². The van der Waals surface area contributed by atoms with E-state index in [4.69, 9.17) is 0 Å². The van der Waals surface area contributed by atoms with Crippen LogP contribution in [0, 0.1) is 25.7 Å². The van der Waals surface area contributed by atoms with E-state index in [2.05, 4.69) is 93.5 Å². The second-order valence-electron chi connectivity index (χ2n) is 31.2. The van der Waals surface area contributed by atoms with Crippen LogP contribution in [-0.2, 0) is 0 Å². The molecule has 0 N–H and O–H groups in total. The second kappa shape index (κ2) is 39.0. The third-order valence-electron chi connectivity index (χ3n) is 23.8. The van der Waals surface area contributed by atoms with Crippen LogP contribution in [0.4, 0.5) is 0 Å². The topological polar surface area (TPSA) is 74.8 Å². The molecule has 6 aromatic rings. The third-order valence-corrected chi connectivity index (χ3v) is 42.8. The Morgan fingerprint density at radius 2 is 0.610 bits per heavy atom. The SMILES string of the molecule is CCCCCCCCCCCCN1C(=O)c2c(C)sc(-c3cc4c(s3)-c3sc(-c5sc(-c6cc7c(s6)-c6sc(C)cc6[Si]7(CCCCCCCC)CCCCCCCC)c6c5C(=O)N(CCCCCCCCCCCC)C6=O)cc3[Si]4(CC(CC)CCCC)CC(CC)CCCC)c2C1=O. The first-order valence-corrected chi connectivity index (χ1v) is 51.1. The molecule has 0 aromatic carbocycles. The van der Waals surface area contributed by atoms with Gasteiger partial charge in [-0.25, -0.2) is 0 Å². The first-order valence-electron chi connectivity index (χ1n) is 41.4. The summed E-state index contributed by atoms with van der Waals surface area (Å²) in [5, 5.41) is 6.45. The van der Waals surface area contributed by atoms with Crippen LogP contribution >= 0.6 is 68.0 Å². The number of imide groups is 2. The van der Waals surface area contributed by atoms with Crippen LogP contribution in [0.2, 0.25) is 24.2 Å². The number of nitrogens with zero attached hydrogens (tertiary/aromatic N) is 2. The van der Waals surface area contributed by atoms with Crippen LogP contribution in [0.25, 0.3) is 48.8 Å². The van der Waals surface area contributed by atoms with Gasteiger partial charge < -0.3 is 0 Å². The highest BCUT2D eigenvalue weighted by molar-refractivity contribution is 7.35. The van der Waals surface area contributed by atoms with Crippen molar-refractivity contribution >= 4 is 129 Å². The number of amides is 4. The molecule has 0 radical (unpaired) electrons. The van der Waals surface area contributed by atoms with Gasteiger partial charge in [0, 0.05) is 57.0 Å². The fourth-order valence-electron chi connectivity index (χ4n) is 17.9. The predicted molar refractivity (Wildman–Crippen MR) is 447 cm³/mol. The molecule has 10 heterocycles. The molecule has 6 aromatic heterocycles. The van der Waals surface area contributed by atoms with E-state index < -0.39 is 16.1 Å². The molecule has 4 aliphatic heterocycles. The predicted octanol–water partition coefficient (Wildman–Crippen LogP) is 26.9. The zero-order valence-corrected chi connectivity index (χ0v) is 70.9. The number of thiophene rings is 6. The number of carbonyl (C=O) groups is 4. The molecule has 4 amide bonds. The van der Waals surface area contributed by atoms with Crippen molar-refractivity contribution in [3.05, 3.63) is 56.3 Å². The maximum Gasteiger partial charge on any atom is 0.263 e. The number of hydrogen-bond donors (Lipinski definition) is 0. The van der Waals surface area contributed by atoms with Gasteiger partial charge in [-0.3, -0.25) is 29.0 Å². The van der Waals surface area contributed by atoms with Crippen molar-refractivity contribution in [1.29, 1.82) is 0 Å². The van der Waals surface area contributed by atoms with E-state index in [-0.39, 0.29) is 23.6 Å². The number of unbranched alkanes of at least 4 members (excludes halogenated alkanes) is 30. The summed E-state index contributed by atoms with van der Waals surface area (Å²) in [4.78, 5) is 78.9. The molecular formula is C86H128N2O4S6Si2. The summed E-state index contributed by atoms with van der Waals surface area (Å²) in [6.45, 7) is 24.1. The molecule has 0 fully saturated rings. The van der Waals surface area contributed by atoms with E-state index in [1.165, 1.54) is 259 Å². The monoisotopic (exact) mass is 1500 g/mol. The number of aryl methyl sites for hydroxylation is 2. The van der Waals surface area contributed by atoms with Crippen molar-refractivity contribution < 1.29 is 19.2 Å². The van der Waals surface area contributed by atoms with E-state index in [0.29, 0.717) is 47.2 Å². The molecular weight excluding hydrogens is 1370 g/mol. The third kappa shape index (κ3) is 17.8. The Morgan fingerprint density at radius 1 is 0.310 bits per heavy atom. The fourth-order valence-corrected chi connectivity index (χ4v) is 40.4. The normalized spacial score (nSPS) is 16.4. The van der Waals surface area contributed by atoms with Crippen LogP contribution in [0.3, 0.4) is 0 Å². The average Bonchev–Trinajstić information content (AvgIpc) is 1.54. The summed E-state index contributed by atoms with van der Waals surface area (Å²) in [6.07, 6.45) is 49.4. The molecule has 2 unspecified atom stereocenters. The van der Waals surface area contributed by atoms with Crippen molar-refractivity contribution in [3.63, 3.8) is 0 Å². The molecule has 0 spiro atoms. The van der Waals surface area contributed by atoms with E-state index in [9.17, 15) is 9.59 Å². The lowest BCUT2D eigenvalue weighted by atomic mass is 10.0. The summed E-state index contributed by atoms with van der Waals surface area (Å²) >= 11 is 11.2. The van der Waals surface area contributed by atoms with Crippen LogP contribution < -0.4 is 20.7 Å². The van der Waals surface area contributed by atoms with E-state index in [0.717, 1.165) is 80.6 Å². The number of carbonyl (C=O) groups excluding carboxylic acids is 4. The Kier molecular flexibility index (Phi) is 31.0. The van der Waals surface area contributed by atoms with Gasteiger partial charge in [-0.15, -0.1) is 68.0 Å². The van der Waals surface area contributed by atoms with Gasteiger partial charge in [0.05, 0.1) is 36.9 Å². The van der Waals surface area contributed by atoms with Gasteiger partial charge in [-0.2, -0.15) is 0 Å². The summed E-state index contributed by atoms with van der Waals surface area (Å²) in [5.41, 5.74) is 2.62. The van der Waals surface area contributed by atoms with Crippen molar-refractivity contribution in [2.75, 3.05) is 13.1 Å². The zero-order chi connectivity index (χ0) is 70.8. The molecule has 100 heavy (non-hydrogen) atoms. The van der Waals surface area contributed by atoms with Crippen LogP contribution in [0.5, 0.6) is 0 Å². The van der Waals surface area contributed by atoms with Crippen molar-refractivity contribution in [2.45, 2.75) is 350 Å². The molecule has 0 bridgehead atoms. The molecule has 0 saturated carbocycles. The molecule has 0 saturated heterocycles. The van der Waals surface area contributed by atoms with Crippen LogP contribution in [0.15, 0.2) is 24.3 Å². The summed E-state index contributed by atoms with van der Waals surface area (Å²) in [7, 11) is -4.80. The van der Waals surface area contributed by atoms with Gasteiger partial charge in [0.2, 0.25) is 0 Å². The maximum atomic E-state index is 15.8. The molecule has 14 heteroatoms. The highest BCUT2D eigenvalue weighted by atomic mass is 32.1. The number of rotatable bonds is 51. The van der Waals surface area contributed by atoms with E-state index >= 15 is 9.59 Å². The largest absolute Gasteiger partial charge is 0.274 e. The molecule has 6 nitrogen and oxygen atoms in total. The number of fused-ring (bicyclic) bond motifs is 8. The lowest BCUT2D eigenvalue weighted by Crippen LogP contribution is -2.56.